The van der Waals surface area contributed by atoms with E-state index in [9.17, 15) is 8.42 Å². The molecule has 1 heterocycles. The Kier molecular flexibility index (Phi) is 6.60. The predicted molar refractivity (Wildman–Crippen MR) is 102 cm³/mol. The number of thiocarbonyl (C=S) groups is 1. The monoisotopic (exact) mass is 369 g/mol. The zero-order chi connectivity index (χ0) is 17.7. The maximum Gasteiger partial charge on any atom is 0.243 e. The van der Waals surface area contributed by atoms with Crippen LogP contribution in [0, 0.1) is 0 Å². The van der Waals surface area contributed by atoms with Crippen LogP contribution in [0.2, 0.25) is 0 Å². The average molecular weight is 370 g/mol. The van der Waals surface area contributed by atoms with E-state index in [-0.39, 0.29) is 0 Å². The second kappa shape index (κ2) is 8.27. The highest BCUT2D eigenvalue weighted by molar-refractivity contribution is 7.89. The summed E-state index contributed by atoms with van der Waals surface area (Å²) in [5, 5.41) is 3.81. The first-order chi connectivity index (χ1) is 11.4. The van der Waals surface area contributed by atoms with Gasteiger partial charge in [-0.15, -0.1) is 0 Å². The van der Waals surface area contributed by atoms with Crippen LogP contribution in [-0.2, 0) is 10.0 Å². The number of rotatable bonds is 5. The molecule has 1 aliphatic heterocycles. The van der Waals surface area contributed by atoms with Gasteiger partial charge in [0.15, 0.2) is 5.11 Å². The number of nitrogens with one attached hydrogen (secondary N) is 1. The Labute approximate surface area is 151 Å². The van der Waals surface area contributed by atoms with Crippen molar-refractivity contribution >= 4 is 27.4 Å². The topological polar surface area (TPSA) is 52.6 Å². The first-order valence-corrected chi connectivity index (χ1v) is 10.4. The molecule has 0 amide bonds. The molecule has 24 heavy (non-hydrogen) atoms. The van der Waals surface area contributed by atoms with E-state index in [0.717, 1.165) is 13.0 Å². The second-order valence-corrected chi connectivity index (χ2v) is 8.43. The van der Waals surface area contributed by atoms with Crippen molar-refractivity contribution in [2.45, 2.75) is 38.0 Å². The molecule has 1 aliphatic rings. The Morgan fingerprint density at radius 1 is 1.17 bits per heavy atom. The van der Waals surface area contributed by atoms with Crippen molar-refractivity contribution in [1.29, 1.82) is 0 Å². The molecule has 1 fully saturated rings. The van der Waals surface area contributed by atoms with E-state index in [4.69, 9.17) is 12.2 Å². The fourth-order valence-electron chi connectivity index (χ4n) is 2.75. The van der Waals surface area contributed by atoms with Gasteiger partial charge in [0.2, 0.25) is 10.0 Å². The third kappa shape index (κ3) is 4.26. The summed E-state index contributed by atoms with van der Waals surface area (Å²) < 4.78 is 27.2. The summed E-state index contributed by atoms with van der Waals surface area (Å²) in [6.45, 7) is 9.21. The van der Waals surface area contributed by atoms with Crippen molar-refractivity contribution < 1.29 is 8.42 Å². The fraction of sp³-hybridized carbons (Fsp3) is 0.588. The molecule has 1 N–H and O–H groups in total. The molecule has 1 saturated heterocycles. The lowest BCUT2D eigenvalue weighted by Gasteiger charge is -2.35. The number of nitrogens with zero attached hydrogens (tertiary/aromatic N) is 2. The lowest BCUT2D eigenvalue weighted by molar-refractivity contribution is 0.264. The van der Waals surface area contributed by atoms with E-state index in [1.807, 2.05) is 24.0 Å². The van der Waals surface area contributed by atoms with Crippen LogP contribution in [0.4, 0.5) is 0 Å². The largest absolute Gasteiger partial charge is 0.363 e. The van der Waals surface area contributed by atoms with E-state index >= 15 is 0 Å². The molecule has 134 valence electrons. The number of hydrogen-bond acceptors (Lipinski definition) is 3. The van der Waals surface area contributed by atoms with Crippen molar-refractivity contribution in [2.75, 3.05) is 32.7 Å². The van der Waals surface area contributed by atoms with E-state index in [1.54, 1.807) is 16.4 Å². The molecule has 0 aromatic heterocycles. The summed E-state index contributed by atoms with van der Waals surface area (Å²) in [4.78, 5) is 2.40. The zero-order valence-corrected chi connectivity index (χ0v) is 16.3. The molecule has 7 heteroatoms. The van der Waals surface area contributed by atoms with E-state index < -0.39 is 10.0 Å². The van der Waals surface area contributed by atoms with Crippen molar-refractivity contribution in [2.24, 2.45) is 0 Å². The van der Waals surface area contributed by atoms with Gasteiger partial charge in [-0.05, 0) is 49.2 Å². The van der Waals surface area contributed by atoms with Crippen LogP contribution in [0.15, 0.2) is 29.2 Å². The Bertz CT molecular complexity index is 651. The van der Waals surface area contributed by atoms with E-state index in [2.05, 4.69) is 19.2 Å². The first-order valence-electron chi connectivity index (χ1n) is 8.53. The average Bonchev–Trinajstić information content (AvgIpc) is 2.61. The van der Waals surface area contributed by atoms with Gasteiger partial charge in [0.1, 0.15) is 0 Å². The predicted octanol–water partition coefficient (Wildman–Crippen LogP) is 2.40. The minimum absolute atomic E-state index is 0.372. The summed E-state index contributed by atoms with van der Waals surface area (Å²) >= 11 is 5.30. The third-order valence-corrected chi connectivity index (χ3v) is 6.87. The van der Waals surface area contributed by atoms with Crippen molar-refractivity contribution in [3.05, 3.63) is 29.8 Å². The highest BCUT2D eigenvalue weighted by atomic mass is 32.2. The van der Waals surface area contributed by atoms with Gasteiger partial charge < -0.3 is 10.2 Å². The molecule has 0 bridgehead atoms. The van der Waals surface area contributed by atoms with Crippen LogP contribution in [0.25, 0.3) is 0 Å². The highest BCUT2D eigenvalue weighted by Gasteiger charge is 2.29. The minimum Gasteiger partial charge on any atom is -0.363 e. The molecule has 1 aromatic rings. The van der Waals surface area contributed by atoms with Gasteiger partial charge in [-0.25, -0.2) is 8.42 Å². The summed E-state index contributed by atoms with van der Waals surface area (Å²) in [5.41, 5.74) is 1.18. The Hall–Kier alpha value is -1.18. The van der Waals surface area contributed by atoms with Gasteiger partial charge in [0, 0.05) is 32.7 Å². The number of hydrogen-bond donors (Lipinski definition) is 1. The zero-order valence-electron chi connectivity index (χ0n) is 14.7. The fourth-order valence-corrected chi connectivity index (χ4v) is 4.50. The molecular weight excluding hydrogens is 342 g/mol. The lowest BCUT2D eigenvalue weighted by atomic mass is 9.99. The van der Waals surface area contributed by atoms with Crippen LogP contribution in [-0.4, -0.2) is 55.5 Å². The molecule has 0 saturated carbocycles. The maximum absolute atomic E-state index is 12.8. The molecule has 0 radical (unpaired) electrons. The number of sulfonamides is 1. The van der Waals surface area contributed by atoms with E-state index in [0.29, 0.717) is 42.1 Å². The SMILES string of the molecule is CCNC(=S)N1CCN(S(=O)(=O)c2ccc([C@@H](C)CC)cc2)CC1. The summed E-state index contributed by atoms with van der Waals surface area (Å²) in [5.74, 6) is 0.442. The summed E-state index contributed by atoms with van der Waals surface area (Å²) in [6, 6.07) is 7.31. The van der Waals surface area contributed by atoms with Gasteiger partial charge in [0.05, 0.1) is 4.90 Å². The van der Waals surface area contributed by atoms with Gasteiger partial charge in [0.25, 0.3) is 0 Å². The molecule has 1 aromatic carbocycles. The van der Waals surface area contributed by atoms with Gasteiger partial charge >= 0.3 is 0 Å². The first kappa shape index (κ1) is 19.1. The second-order valence-electron chi connectivity index (χ2n) is 6.10. The maximum atomic E-state index is 12.8. The lowest BCUT2D eigenvalue weighted by Crippen LogP contribution is -2.52. The minimum atomic E-state index is -3.43. The summed E-state index contributed by atoms with van der Waals surface area (Å²) in [6.07, 6.45) is 1.04. The molecule has 0 spiro atoms. The van der Waals surface area contributed by atoms with Gasteiger partial charge in [-0.1, -0.05) is 26.0 Å². The number of benzene rings is 1. The van der Waals surface area contributed by atoms with Crippen LogP contribution < -0.4 is 5.32 Å². The van der Waals surface area contributed by atoms with Crippen LogP contribution in [0.1, 0.15) is 38.7 Å². The molecule has 0 aliphatic carbocycles. The molecule has 1 atom stereocenters. The quantitative estimate of drug-likeness (QED) is 0.808. The van der Waals surface area contributed by atoms with Gasteiger partial charge in [-0.2, -0.15) is 4.31 Å². The van der Waals surface area contributed by atoms with Crippen molar-refractivity contribution in [1.82, 2.24) is 14.5 Å². The Balaban J connectivity index is 2.05. The third-order valence-electron chi connectivity index (χ3n) is 4.55. The molecule has 0 unspecified atom stereocenters. The van der Waals surface area contributed by atoms with Crippen LogP contribution in [0.5, 0.6) is 0 Å². The van der Waals surface area contributed by atoms with Crippen LogP contribution in [0.3, 0.4) is 0 Å². The molecule has 5 nitrogen and oxygen atoms in total. The van der Waals surface area contributed by atoms with Crippen LogP contribution >= 0.6 is 12.2 Å². The smallest absolute Gasteiger partial charge is 0.243 e. The summed E-state index contributed by atoms with van der Waals surface area (Å²) in [7, 11) is -3.43. The highest BCUT2D eigenvalue weighted by Crippen LogP contribution is 2.23. The normalized spacial score (nSPS) is 17.5. The number of piperazine rings is 1. The molecular formula is C17H27N3O2S2. The molecule has 2 rings (SSSR count). The van der Waals surface area contributed by atoms with Crippen molar-refractivity contribution in [3.8, 4) is 0 Å². The van der Waals surface area contributed by atoms with E-state index in [1.165, 1.54) is 5.56 Å². The van der Waals surface area contributed by atoms with Gasteiger partial charge in [-0.3, -0.25) is 0 Å². The standard InChI is InChI=1S/C17H27N3O2S2/c1-4-14(3)15-6-8-16(9-7-15)24(21,22)20-12-10-19(11-13-20)17(23)18-5-2/h6-9,14H,4-5,10-13H2,1-3H3,(H,18,23)/t14-/m0/s1. The Morgan fingerprint density at radius 3 is 2.25 bits per heavy atom. The van der Waals surface area contributed by atoms with Crippen molar-refractivity contribution in [3.63, 3.8) is 0 Å². The Morgan fingerprint density at radius 2 is 1.75 bits per heavy atom.